The van der Waals surface area contributed by atoms with Crippen molar-refractivity contribution < 1.29 is 17.6 Å². The number of rotatable bonds is 1. The van der Waals surface area contributed by atoms with Crippen molar-refractivity contribution in [3.8, 4) is 11.1 Å². The van der Waals surface area contributed by atoms with Crippen LogP contribution in [0.5, 0.6) is 0 Å². The molecule has 0 aliphatic rings. The summed E-state index contributed by atoms with van der Waals surface area (Å²) in [6, 6.07) is 5.66. The highest BCUT2D eigenvalue weighted by Gasteiger charge is 2.29. The zero-order valence-corrected chi connectivity index (χ0v) is 9.70. The van der Waals surface area contributed by atoms with Crippen LogP contribution in [0.3, 0.4) is 0 Å². The first-order valence-corrected chi connectivity index (χ1v) is 5.34. The Kier molecular flexibility index (Phi) is 3.21. The van der Waals surface area contributed by atoms with Gasteiger partial charge in [-0.3, -0.25) is 0 Å². The van der Waals surface area contributed by atoms with E-state index in [4.69, 9.17) is 0 Å². The van der Waals surface area contributed by atoms with E-state index < -0.39 is 17.6 Å². The molecule has 2 aromatic rings. The van der Waals surface area contributed by atoms with Crippen LogP contribution in [0.4, 0.5) is 17.6 Å². The van der Waals surface area contributed by atoms with E-state index in [2.05, 4.69) is 17.2 Å². The first kappa shape index (κ1) is 12.8. The number of aromatic nitrogens is 1. The second-order valence-electron chi connectivity index (χ2n) is 3.64. The van der Waals surface area contributed by atoms with Crippen molar-refractivity contribution in [2.24, 2.45) is 0 Å². The molecule has 0 saturated carbocycles. The van der Waals surface area contributed by atoms with Crippen molar-refractivity contribution in [2.75, 3.05) is 0 Å². The molecule has 1 N–H and O–H groups in total. The van der Waals surface area contributed by atoms with Crippen molar-refractivity contribution in [1.82, 2.24) is 4.98 Å². The molecule has 1 heterocycles. The Bertz CT molecular complexity index is 613. The van der Waals surface area contributed by atoms with Crippen molar-refractivity contribution in [1.29, 1.82) is 0 Å². The first-order chi connectivity index (χ1) is 8.38. The van der Waals surface area contributed by atoms with Gasteiger partial charge in [0, 0.05) is 11.8 Å². The van der Waals surface area contributed by atoms with Gasteiger partial charge in [0.2, 0.25) is 0 Å². The molecule has 1 nitrogen and oxygen atoms in total. The predicted molar refractivity (Wildman–Crippen MR) is 62.0 cm³/mol. The van der Waals surface area contributed by atoms with E-state index >= 15 is 0 Å². The van der Waals surface area contributed by atoms with Gasteiger partial charge in [-0.2, -0.15) is 13.2 Å². The number of nitrogens with one attached hydrogen (secondary N) is 1. The summed E-state index contributed by atoms with van der Waals surface area (Å²) >= 11 is 4.65. The van der Waals surface area contributed by atoms with Gasteiger partial charge in [0.25, 0.3) is 0 Å². The molecule has 0 atom stereocenters. The predicted octanol–water partition coefficient (Wildman–Crippen LogP) is 4.57. The smallest absolute Gasteiger partial charge is 0.350 e. The van der Waals surface area contributed by atoms with E-state index in [1.807, 2.05) is 0 Å². The maximum atomic E-state index is 13.2. The minimum absolute atomic E-state index is 0.0364. The molecule has 0 spiro atoms. The van der Waals surface area contributed by atoms with Crippen LogP contribution in [-0.4, -0.2) is 4.98 Å². The summed E-state index contributed by atoms with van der Waals surface area (Å²) in [5, 5.41) is 0. The number of aromatic amines is 1. The number of hydrogen-bond donors (Lipinski definition) is 1. The highest BCUT2D eigenvalue weighted by atomic mass is 32.1. The quantitative estimate of drug-likeness (QED) is 0.594. The average molecular weight is 273 g/mol. The molecule has 1 aromatic carbocycles. The van der Waals surface area contributed by atoms with Gasteiger partial charge in [0.05, 0.1) is 5.56 Å². The summed E-state index contributed by atoms with van der Waals surface area (Å²) < 4.78 is 50.3. The SMILES string of the molecule is Fc1cc(-c2ccc(C(F)(F)F)cc2)c[nH]c1=S. The maximum Gasteiger partial charge on any atom is 0.416 e. The Balaban J connectivity index is 2.40. The third kappa shape index (κ3) is 2.59. The van der Waals surface area contributed by atoms with Gasteiger partial charge >= 0.3 is 6.18 Å². The minimum atomic E-state index is -4.37. The molecule has 1 aromatic heterocycles. The average Bonchev–Trinajstić information content (AvgIpc) is 2.32. The van der Waals surface area contributed by atoms with Crippen LogP contribution in [-0.2, 0) is 6.18 Å². The van der Waals surface area contributed by atoms with Gasteiger partial charge in [-0.1, -0.05) is 24.4 Å². The van der Waals surface area contributed by atoms with E-state index in [0.717, 1.165) is 12.1 Å². The zero-order chi connectivity index (χ0) is 13.3. The van der Waals surface area contributed by atoms with Crippen molar-refractivity contribution in [3.63, 3.8) is 0 Å². The monoisotopic (exact) mass is 273 g/mol. The Morgan fingerprint density at radius 2 is 1.61 bits per heavy atom. The lowest BCUT2D eigenvalue weighted by molar-refractivity contribution is -0.137. The highest BCUT2D eigenvalue weighted by Crippen LogP contribution is 2.30. The third-order valence-corrected chi connectivity index (χ3v) is 2.72. The van der Waals surface area contributed by atoms with Crippen LogP contribution in [0.2, 0.25) is 0 Å². The molecule has 0 radical (unpaired) electrons. The van der Waals surface area contributed by atoms with Crippen LogP contribution in [0.25, 0.3) is 11.1 Å². The molecule has 18 heavy (non-hydrogen) atoms. The standard InChI is InChI=1S/C12H7F4NS/c13-10-5-8(6-17-11(10)18)7-1-3-9(4-2-7)12(14,15)16/h1-6H,(H,17,18). The van der Waals surface area contributed by atoms with Crippen LogP contribution in [0, 0.1) is 10.5 Å². The van der Waals surface area contributed by atoms with Gasteiger partial charge in [-0.25, -0.2) is 4.39 Å². The molecule has 0 bridgehead atoms. The Labute approximate surface area is 105 Å². The number of halogens is 4. The molecular weight excluding hydrogens is 266 g/mol. The topological polar surface area (TPSA) is 15.8 Å². The lowest BCUT2D eigenvalue weighted by Gasteiger charge is -2.07. The molecule has 0 amide bonds. The van der Waals surface area contributed by atoms with E-state index in [9.17, 15) is 17.6 Å². The van der Waals surface area contributed by atoms with Gasteiger partial charge in [-0.15, -0.1) is 0 Å². The Hall–Kier alpha value is -1.69. The Morgan fingerprint density at radius 3 is 2.11 bits per heavy atom. The summed E-state index contributed by atoms with van der Waals surface area (Å²) in [7, 11) is 0. The molecular formula is C12H7F4NS. The first-order valence-electron chi connectivity index (χ1n) is 4.94. The fourth-order valence-corrected chi connectivity index (χ4v) is 1.59. The molecule has 2 rings (SSSR count). The van der Waals surface area contributed by atoms with E-state index in [1.54, 1.807) is 0 Å². The Morgan fingerprint density at radius 1 is 1.00 bits per heavy atom. The number of benzene rings is 1. The molecule has 0 fully saturated rings. The van der Waals surface area contributed by atoms with Crippen LogP contribution in [0.15, 0.2) is 36.5 Å². The van der Waals surface area contributed by atoms with Crippen molar-refractivity contribution >= 4 is 12.2 Å². The number of alkyl halides is 3. The van der Waals surface area contributed by atoms with E-state index in [-0.39, 0.29) is 4.64 Å². The number of hydrogen-bond acceptors (Lipinski definition) is 1. The highest BCUT2D eigenvalue weighted by molar-refractivity contribution is 7.71. The summed E-state index contributed by atoms with van der Waals surface area (Å²) in [5.74, 6) is -0.609. The van der Waals surface area contributed by atoms with Crippen LogP contribution in [0.1, 0.15) is 5.56 Å². The lowest BCUT2D eigenvalue weighted by atomic mass is 10.1. The second kappa shape index (κ2) is 4.53. The van der Waals surface area contributed by atoms with Crippen LogP contribution >= 0.6 is 12.2 Å². The van der Waals surface area contributed by atoms with E-state index in [0.29, 0.717) is 11.1 Å². The van der Waals surface area contributed by atoms with Crippen molar-refractivity contribution in [2.45, 2.75) is 6.18 Å². The largest absolute Gasteiger partial charge is 0.416 e. The fourth-order valence-electron chi connectivity index (χ4n) is 1.47. The molecule has 94 valence electrons. The fraction of sp³-hybridized carbons (Fsp3) is 0.0833. The normalized spacial score (nSPS) is 11.6. The molecule has 0 aliphatic heterocycles. The number of pyridine rings is 1. The zero-order valence-electron chi connectivity index (χ0n) is 8.88. The number of H-pyrrole nitrogens is 1. The second-order valence-corrected chi connectivity index (χ2v) is 4.05. The molecule has 0 unspecified atom stereocenters. The van der Waals surface area contributed by atoms with Crippen LogP contribution < -0.4 is 0 Å². The summed E-state index contributed by atoms with van der Waals surface area (Å²) in [6.45, 7) is 0. The lowest BCUT2D eigenvalue weighted by Crippen LogP contribution is -2.04. The van der Waals surface area contributed by atoms with Gasteiger partial charge < -0.3 is 4.98 Å². The summed E-state index contributed by atoms with van der Waals surface area (Å²) in [4.78, 5) is 2.53. The molecule has 0 aliphatic carbocycles. The van der Waals surface area contributed by atoms with E-state index in [1.165, 1.54) is 24.4 Å². The maximum absolute atomic E-state index is 13.2. The molecule has 6 heteroatoms. The summed E-state index contributed by atoms with van der Waals surface area (Å²) in [5.41, 5.74) is 0.179. The van der Waals surface area contributed by atoms with Gasteiger partial charge in [-0.05, 0) is 23.8 Å². The minimum Gasteiger partial charge on any atom is -0.350 e. The van der Waals surface area contributed by atoms with Gasteiger partial charge in [0.15, 0.2) is 5.82 Å². The van der Waals surface area contributed by atoms with Crippen molar-refractivity contribution in [3.05, 3.63) is 52.5 Å². The summed E-state index contributed by atoms with van der Waals surface area (Å²) in [6.07, 6.45) is -2.92. The molecule has 0 saturated heterocycles. The third-order valence-electron chi connectivity index (χ3n) is 2.40. The van der Waals surface area contributed by atoms with Gasteiger partial charge in [0.1, 0.15) is 4.64 Å².